The Bertz CT molecular complexity index is 595. The third-order valence-corrected chi connectivity index (χ3v) is 5.28. The maximum absolute atomic E-state index is 14.0. The van der Waals surface area contributed by atoms with Crippen molar-refractivity contribution in [2.75, 3.05) is 45.6 Å². The normalized spacial score (nSPS) is 19.2. The van der Waals surface area contributed by atoms with Gasteiger partial charge in [0, 0.05) is 24.8 Å². The molecule has 1 aliphatic carbocycles. The highest BCUT2D eigenvalue weighted by molar-refractivity contribution is 5.89. The van der Waals surface area contributed by atoms with E-state index in [0.29, 0.717) is 24.2 Å². The number of hydrogen-bond donors (Lipinski definition) is 2. The second kappa shape index (κ2) is 8.15. The van der Waals surface area contributed by atoms with Crippen LogP contribution in [0.1, 0.15) is 37.2 Å². The number of nitrogens with zero attached hydrogens (tertiary/aromatic N) is 2. The number of benzene rings is 1. The predicted molar refractivity (Wildman–Crippen MR) is 98.5 cm³/mol. The van der Waals surface area contributed by atoms with Gasteiger partial charge in [0.25, 0.3) is 0 Å². The maximum Gasteiger partial charge on any atom is 0.319 e. The molecule has 6 heteroatoms. The van der Waals surface area contributed by atoms with Gasteiger partial charge in [-0.25, -0.2) is 9.18 Å². The number of carbonyl (C=O) groups excluding carboxylic acids is 1. The number of carbonyl (C=O) groups is 1. The minimum Gasteiger partial charge on any atom is -0.337 e. The van der Waals surface area contributed by atoms with Gasteiger partial charge in [0.15, 0.2) is 0 Å². The van der Waals surface area contributed by atoms with Crippen molar-refractivity contribution in [1.29, 1.82) is 0 Å². The highest BCUT2D eigenvalue weighted by Gasteiger charge is 2.26. The molecule has 0 spiro atoms. The number of nitrogens with one attached hydrogen (secondary N) is 2. The highest BCUT2D eigenvalue weighted by atomic mass is 19.1. The quantitative estimate of drug-likeness (QED) is 0.831. The molecule has 138 valence electrons. The lowest BCUT2D eigenvalue weighted by Crippen LogP contribution is -2.44. The van der Waals surface area contributed by atoms with E-state index in [4.69, 9.17) is 0 Å². The summed E-state index contributed by atoms with van der Waals surface area (Å²) in [5.41, 5.74) is 1.28. The van der Waals surface area contributed by atoms with Crippen molar-refractivity contribution in [1.82, 2.24) is 15.1 Å². The zero-order valence-electron chi connectivity index (χ0n) is 15.2. The molecule has 3 rings (SSSR count). The molecule has 1 saturated heterocycles. The average molecular weight is 348 g/mol. The number of rotatable bonds is 6. The molecule has 1 heterocycles. The van der Waals surface area contributed by atoms with Gasteiger partial charge in [-0.1, -0.05) is 6.07 Å². The zero-order chi connectivity index (χ0) is 17.8. The first-order valence-corrected chi connectivity index (χ1v) is 9.26. The Hall–Kier alpha value is -1.66. The topological polar surface area (TPSA) is 47.6 Å². The lowest BCUT2D eigenvalue weighted by atomic mass is 10.0. The fourth-order valence-electron chi connectivity index (χ4n) is 3.49. The molecule has 0 atom stereocenters. The first kappa shape index (κ1) is 18.1. The lowest BCUT2D eigenvalue weighted by Gasteiger charge is -2.35. The molecule has 1 saturated carbocycles. The summed E-state index contributed by atoms with van der Waals surface area (Å²) < 4.78 is 14.0. The van der Waals surface area contributed by atoms with E-state index < -0.39 is 0 Å². The molecule has 0 radical (unpaired) electrons. The Labute approximate surface area is 149 Å². The van der Waals surface area contributed by atoms with E-state index in [9.17, 15) is 9.18 Å². The molecule has 2 aliphatic rings. The number of piperidine rings is 1. The average Bonchev–Trinajstić information content (AvgIpc) is 3.40. The van der Waals surface area contributed by atoms with Gasteiger partial charge in [-0.2, -0.15) is 0 Å². The molecule has 1 aromatic rings. The molecular formula is C19H29FN4O. The van der Waals surface area contributed by atoms with Crippen molar-refractivity contribution in [2.45, 2.75) is 37.6 Å². The van der Waals surface area contributed by atoms with E-state index in [0.717, 1.165) is 38.0 Å². The lowest BCUT2D eigenvalue weighted by molar-refractivity contribution is 0.146. The highest BCUT2D eigenvalue weighted by Crippen LogP contribution is 2.41. The van der Waals surface area contributed by atoms with Gasteiger partial charge in [-0.3, -0.25) is 0 Å². The number of amides is 2. The van der Waals surface area contributed by atoms with Crippen LogP contribution in [0.2, 0.25) is 0 Å². The van der Waals surface area contributed by atoms with E-state index in [1.54, 1.807) is 12.1 Å². The van der Waals surface area contributed by atoms with Gasteiger partial charge in [0.1, 0.15) is 5.82 Å². The first-order chi connectivity index (χ1) is 12.0. The Morgan fingerprint density at radius 3 is 2.56 bits per heavy atom. The molecule has 5 nitrogen and oxygen atoms in total. The summed E-state index contributed by atoms with van der Waals surface area (Å²) in [4.78, 5) is 16.6. The van der Waals surface area contributed by atoms with E-state index in [1.165, 1.54) is 18.9 Å². The number of halogens is 1. The van der Waals surface area contributed by atoms with Crippen molar-refractivity contribution < 1.29 is 9.18 Å². The van der Waals surface area contributed by atoms with Crippen LogP contribution in [0.3, 0.4) is 0 Å². The molecule has 1 aromatic carbocycles. The SMILES string of the molecule is CN(C)C1CCN(CCNC(=O)Nc2ccc(C3CC3)c(F)c2)CC1. The van der Waals surface area contributed by atoms with Crippen molar-refractivity contribution >= 4 is 11.7 Å². The Morgan fingerprint density at radius 1 is 1.24 bits per heavy atom. The largest absolute Gasteiger partial charge is 0.337 e. The van der Waals surface area contributed by atoms with Crippen molar-refractivity contribution in [3.63, 3.8) is 0 Å². The number of anilines is 1. The molecule has 0 bridgehead atoms. The Balaban J connectivity index is 1.36. The van der Waals surface area contributed by atoms with Crippen LogP contribution in [0.25, 0.3) is 0 Å². The van der Waals surface area contributed by atoms with Gasteiger partial charge >= 0.3 is 6.03 Å². The van der Waals surface area contributed by atoms with Gasteiger partial charge in [0.05, 0.1) is 0 Å². The van der Waals surface area contributed by atoms with E-state index in [1.807, 2.05) is 0 Å². The minimum absolute atomic E-state index is 0.218. The number of urea groups is 1. The van der Waals surface area contributed by atoms with E-state index >= 15 is 0 Å². The van der Waals surface area contributed by atoms with E-state index in [-0.39, 0.29) is 11.8 Å². The summed E-state index contributed by atoms with van der Waals surface area (Å²) in [5, 5.41) is 5.57. The smallest absolute Gasteiger partial charge is 0.319 e. The summed E-state index contributed by atoms with van der Waals surface area (Å²) in [6.45, 7) is 3.59. The molecular weight excluding hydrogens is 319 g/mol. The van der Waals surface area contributed by atoms with Crippen LogP contribution in [0.5, 0.6) is 0 Å². The van der Waals surface area contributed by atoms with Gasteiger partial charge in [-0.15, -0.1) is 0 Å². The molecule has 1 aliphatic heterocycles. The van der Waals surface area contributed by atoms with Crippen LogP contribution in [0.4, 0.5) is 14.9 Å². The summed E-state index contributed by atoms with van der Waals surface area (Å²) in [5.74, 6) is 0.156. The Morgan fingerprint density at radius 2 is 1.96 bits per heavy atom. The van der Waals surface area contributed by atoms with Gasteiger partial charge in [0.2, 0.25) is 0 Å². The molecule has 0 unspecified atom stereocenters. The second-order valence-corrected chi connectivity index (χ2v) is 7.43. The van der Waals surface area contributed by atoms with Crippen LogP contribution in [-0.4, -0.2) is 62.1 Å². The van der Waals surface area contributed by atoms with Crippen molar-refractivity contribution in [3.05, 3.63) is 29.6 Å². The summed E-state index contributed by atoms with van der Waals surface area (Å²) in [6, 6.07) is 5.38. The van der Waals surface area contributed by atoms with Crippen LogP contribution in [0.15, 0.2) is 18.2 Å². The first-order valence-electron chi connectivity index (χ1n) is 9.26. The Kier molecular flexibility index (Phi) is 5.91. The number of hydrogen-bond acceptors (Lipinski definition) is 3. The number of likely N-dealkylation sites (tertiary alicyclic amines) is 1. The van der Waals surface area contributed by atoms with E-state index in [2.05, 4.69) is 34.5 Å². The molecule has 2 N–H and O–H groups in total. The van der Waals surface area contributed by atoms with Crippen molar-refractivity contribution in [2.24, 2.45) is 0 Å². The van der Waals surface area contributed by atoms with Crippen LogP contribution < -0.4 is 10.6 Å². The molecule has 0 aromatic heterocycles. The summed E-state index contributed by atoms with van der Waals surface area (Å²) >= 11 is 0. The third-order valence-electron chi connectivity index (χ3n) is 5.28. The predicted octanol–water partition coefficient (Wildman–Crippen LogP) is 2.85. The fourth-order valence-corrected chi connectivity index (χ4v) is 3.49. The van der Waals surface area contributed by atoms with Crippen LogP contribution in [-0.2, 0) is 0 Å². The zero-order valence-corrected chi connectivity index (χ0v) is 15.2. The van der Waals surface area contributed by atoms with Crippen molar-refractivity contribution in [3.8, 4) is 0 Å². The molecule has 2 amide bonds. The molecule has 2 fully saturated rings. The van der Waals surface area contributed by atoms with Crippen LogP contribution in [0, 0.1) is 5.82 Å². The van der Waals surface area contributed by atoms with Crippen LogP contribution >= 0.6 is 0 Å². The fraction of sp³-hybridized carbons (Fsp3) is 0.632. The second-order valence-electron chi connectivity index (χ2n) is 7.43. The molecule has 25 heavy (non-hydrogen) atoms. The monoisotopic (exact) mass is 348 g/mol. The summed E-state index contributed by atoms with van der Waals surface area (Å²) in [7, 11) is 4.26. The minimum atomic E-state index is -0.276. The van der Waals surface area contributed by atoms with Gasteiger partial charge < -0.3 is 20.4 Å². The third kappa shape index (κ3) is 5.16. The standard InChI is InChI=1S/C19H29FN4O/c1-23(2)16-7-10-24(11-8-16)12-9-21-19(25)22-15-5-6-17(14-3-4-14)18(20)13-15/h5-6,13-14,16H,3-4,7-12H2,1-2H3,(H2,21,22,25). The summed E-state index contributed by atoms with van der Waals surface area (Å²) in [6.07, 6.45) is 4.48. The van der Waals surface area contributed by atoms with Gasteiger partial charge in [-0.05, 0) is 76.5 Å². The maximum atomic E-state index is 14.0.